The van der Waals surface area contributed by atoms with Crippen molar-refractivity contribution < 1.29 is 9.18 Å². The van der Waals surface area contributed by atoms with Crippen molar-refractivity contribution in [3.8, 4) is 28.5 Å². The average molecular weight is 366 g/mol. The summed E-state index contributed by atoms with van der Waals surface area (Å²) in [4.78, 5) is 18.6. The zero-order valence-electron chi connectivity index (χ0n) is 13.3. The van der Waals surface area contributed by atoms with Crippen LogP contribution < -0.4 is 0 Å². The van der Waals surface area contributed by atoms with Crippen LogP contribution in [0.15, 0.2) is 41.8 Å². The highest BCUT2D eigenvalue weighted by atomic mass is 32.1. The van der Waals surface area contributed by atoms with Gasteiger partial charge in [-0.25, -0.2) is 14.1 Å². The fraction of sp³-hybridized carbons (Fsp3) is 0.118. The molecule has 0 N–H and O–H groups in total. The lowest BCUT2D eigenvalue weighted by Crippen LogP contribution is -2.32. The van der Waals surface area contributed by atoms with E-state index in [1.54, 1.807) is 12.1 Å². The quantitative estimate of drug-likeness (QED) is 0.647. The molecule has 2 heterocycles. The summed E-state index contributed by atoms with van der Waals surface area (Å²) >= 11 is 1.40. The molecule has 0 aliphatic heterocycles. The molecule has 0 atom stereocenters. The second-order valence-electron chi connectivity index (χ2n) is 5.11. The number of nitriles is 2. The standard InChI is InChI=1S/C17H11FN6OS/c18-12-3-1-4-13(11-12)24-16(14-5-2-10-26-14)21-15(22-24)17(25)23(8-6-19)9-7-20/h1-5,10-11H,8-9H2. The van der Waals surface area contributed by atoms with Gasteiger partial charge in [-0.3, -0.25) is 4.79 Å². The maximum Gasteiger partial charge on any atom is 0.295 e. The van der Waals surface area contributed by atoms with Gasteiger partial charge in [0.25, 0.3) is 5.91 Å². The molecular weight excluding hydrogens is 355 g/mol. The Bertz CT molecular complexity index is 999. The molecule has 0 spiro atoms. The van der Waals surface area contributed by atoms with Crippen molar-refractivity contribution in [2.45, 2.75) is 0 Å². The van der Waals surface area contributed by atoms with Crippen molar-refractivity contribution in [1.29, 1.82) is 10.5 Å². The molecular formula is C17H11FN6OS. The fourth-order valence-electron chi connectivity index (χ4n) is 2.27. The molecule has 3 rings (SSSR count). The Kier molecular flexibility index (Phi) is 5.02. The summed E-state index contributed by atoms with van der Waals surface area (Å²) < 4.78 is 15.0. The van der Waals surface area contributed by atoms with E-state index in [2.05, 4.69) is 10.1 Å². The summed E-state index contributed by atoms with van der Waals surface area (Å²) in [6.07, 6.45) is 0. The van der Waals surface area contributed by atoms with Gasteiger partial charge in [0.15, 0.2) is 5.82 Å². The molecule has 0 bridgehead atoms. The van der Waals surface area contributed by atoms with Gasteiger partial charge in [-0.05, 0) is 29.6 Å². The Labute approximate surface area is 152 Å². The number of nitrogens with zero attached hydrogens (tertiary/aromatic N) is 6. The van der Waals surface area contributed by atoms with E-state index in [0.717, 1.165) is 9.78 Å². The largest absolute Gasteiger partial charge is 0.309 e. The summed E-state index contributed by atoms with van der Waals surface area (Å²) in [7, 11) is 0. The SMILES string of the molecule is N#CCN(CC#N)C(=O)c1nc(-c2cccs2)n(-c2cccc(F)c2)n1. The zero-order valence-corrected chi connectivity index (χ0v) is 14.1. The van der Waals surface area contributed by atoms with Crippen molar-refractivity contribution in [3.63, 3.8) is 0 Å². The van der Waals surface area contributed by atoms with E-state index < -0.39 is 11.7 Å². The molecule has 0 unspecified atom stereocenters. The molecule has 0 radical (unpaired) electrons. The van der Waals surface area contributed by atoms with Crippen molar-refractivity contribution in [1.82, 2.24) is 19.7 Å². The van der Waals surface area contributed by atoms with Crippen molar-refractivity contribution in [2.24, 2.45) is 0 Å². The van der Waals surface area contributed by atoms with Crippen LogP contribution in [0, 0.1) is 28.5 Å². The van der Waals surface area contributed by atoms with Crippen LogP contribution in [0.1, 0.15) is 10.6 Å². The van der Waals surface area contributed by atoms with Crippen LogP contribution in [0.3, 0.4) is 0 Å². The maximum absolute atomic E-state index is 13.6. The number of amides is 1. The van der Waals surface area contributed by atoms with Crippen molar-refractivity contribution in [3.05, 3.63) is 53.4 Å². The second kappa shape index (κ2) is 7.55. The smallest absolute Gasteiger partial charge is 0.295 e. The van der Waals surface area contributed by atoms with E-state index in [4.69, 9.17) is 10.5 Å². The molecule has 0 fully saturated rings. The van der Waals surface area contributed by atoms with Gasteiger partial charge >= 0.3 is 0 Å². The first-order chi connectivity index (χ1) is 12.6. The molecule has 0 aliphatic rings. The molecule has 1 aromatic carbocycles. The summed E-state index contributed by atoms with van der Waals surface area (Å²) in [6.45, 7) is -0.509. The summed E-state index contributed by atoms with van der Waals surface area (Å²) in [5.41, 5.74) is 0.409. The van der Waals surface area contributed by atoms with E-state index in [1.165, 1.54) is 34.2 Å². The lowest BCUT2D eigenvalue weighted by molar-refractivity contribution is 0.0783. The van der Waals surface area contributed by atoms with Gasteiger partial charge in [0.2, 0.25) is 5.82 Å². The van der Waals surface area contributed by atoms with E-state index in [-0.39, 0.29) is 18.9 Å². The maximum atomic E-state index is 13.6. The lowest BCUT2D eigenvalue weighted by Gasteiger charge is -2.12. The second-order valence-corrected chi connectivity index (χ2v) is 6.05. The van der Waals surface area contributed by atoms with Gasteiger partial charge in [-0.15, -0.1) is 16.4 Å². The number of carbonyl (C=O) groups excluding carboxylic acids is 1. The first-order valence-electron chi connectivity index (χ1n) is 7.44. The topological polar surface area (TPSA) is 98.6 Å². The molecule has 2 aromatic heterocycles. The van der Waals surface area contributed by atoms with Gasteiger partial charge in [0.1, 0.15) is 18.9 Å². The third kappa shape index (κ3) is 3.43. The van der Waals surface area contributed by atoms with Gasteiger partial charge in [-0.1, -0.05) is 12.1 Å². The van der Waals surface area contributed by atoms with Gasteiger partial charge < -0.3 is 4.90 Å². The predicted octanol–water partition coefficient (Wildman–Crippen LogP) is 2.62. The average Bonchev–Trinajstić information content (AvgIpc) is 3.30. The normalized spacial score (nSPS) is 10.1. The number of benzene rings is 1. The predicted molar refractivity (Wildman–Crippen MR) is 91.8 cm³/mol. The Morgan fingerprint density at radius 2 is 2.00 bits per heavy atom. The number of halogens is 1. The van der Waals surface area contributed by atoms with Crippen LogP contribution in [0.5, 0.6) is 0 Å². The van der Waals surface area contributed by atoms with E-state index in [0.29, 0.717) is 11.5 Å². The highest BCUT2D eigenvalue weighted by Gasteiger charge is 2.23. The minimum atomic E-state index is -0.638. The van der Waals surface area contributed by atoms with Crippen LogP contribution in [-0.2, 0) is 0 Å². The van der Waals surface area contributed by atoms with Gasteiger partial charge in [0.05, 0.1) is 22.7 Å². The lowest BCUT2D eigenvalue weighted by atomic mass is 10.3. The van der Waals surface area contributed by atoms with E-state index >= 15 is 0 Å². The number of carbonyl (C=O) groups is 1. The fourth-order valence-corrected chi connectivity index (χ4v) is 2.97. The number of hydrogen-bond acceptors (Lipinski definition) is 6. The number of aromatic nitrogens is 3. The first kappa shape index (κ1) is 17.3. The number of thiophene rings is 1. The minimum Gasteiger partial charge on any atom is -0.309 e. The Morgan fingerprint density at radius 3 is 2.62 bits per heavy atom. The van der Waals surface area contributed by atoms with Crippen molar-refractivity contribution in [2.75, 3.05) is 13.1 Å². The molecule has 0 saturated carbocycles. The molecule has 26 heavy (non-hydrogen) atoms. The molecule has 0 saturated heterocycles. The van der Waals surface area contributed by atoms with Crippen LogP contribution in [0.25, 0.3) is 16.4 Å². The molecule has 3 aromatic rings. The number of rotatable bonds is 5. The first-order valence-corrected chi connectivity index (χ1v) is 8.32. The molecule has 9 heteroatoms. The third-order valence-corrected chi connectivity index (χ3v) is 4.27. The number of hydrogen-bond donors (Lipinski definition) is 0. The summed E-state index contributed by atoms with van der Waals surface area (Å²) in [5.74, 6) is -0.870. The Balaban J connectivity index is 2.09. The summed E-state index contributed by atoms with van der Waals surface area (Å²) in [5, 5.41) is 23.7. The van der Waals surface area contributed by atoms with Crippen LogP contribution in [-0.4, -0.2) is 38.7 Å². The minimum absolute atomic E-state index is 0.164. The van der Waals surface area contributed by atoms with Gasteiger partial charge in [-0.2, -0.15) is 10.5 Å². The highest BCUT2D eigenvalue weighted by molar-refractivity contribution is 7.13. The van der Waals surface area contributed by atoms with E-state index in [1.807, 2.05) is 23.6 Å². The van der Waals surface area contributed by atoms with Crippen LogP contribution >= 0.6 is 11.3 Å². The Hall–Kier alpha value is -3.56. The molecule has 128 valence electrons. The third-order valence-electron chi connectivity index (χ3n) is 3.40. The monoisotopic (exact) mass is 366 g/mol. The molecule has 0 aliphatic carbocycles. The van der Waals surface area contributed by atoms with Crippen molar-refractivity contribution >= 4 is 17.2 Å². The molecule has 7 nitrogen and oxygen atoms in total. The van der Waals surface area contributed by atoms with Gasteiger partial charge in [0, 0.05) is 0 Å². The highest BCUT2D eigenvalue weighted by Crippen LogP contribution is 2.26. The molecule has 1 amide bonds. The van der Waals surface area contributed by atoms with Crippen LogP contribution in [0.2, 0.25) is 0 Å². The van der Waals surface area contributed by atoms with E-state index in [9.17, 15) is 9.18 Å². The Morgan fingerprint density at radius 1 is 1.23 bits per heavy atom. The van der Waals surface area contributed by atoms with Crippen LogP contribution in [0.4, 0.5) is 4.39 Å². The summed E-state index contributed by atoms with van der Waals surface area (Å²) in [6, 6.07) is 13.1. The zero-order chi connectivity index (χ0) is 18.5.